The Bertz CT molecular complexity index is 829. The average molecular weight is 416 g/mol. The first-order valence-corrected chi connectivity index (χ1v) is 10.9. The highest BCUT2D eigenvalue weighted by Crippen LogP contribution is 2.26. The molecule has 1 N–H and O–H groups in total. The molecule has 1 fully saturated rings. The van der Waals surface area contributed by atoms with Crippen LogP contribution in [0.2, 0.25) is 5.02 Å². The minimum absolute atomic E-state index is 0.0245. The van der Waals surface area contributed by atoms with E-state index in [4.69, 9.17) is 21.1 Å². The van der Waals surface area contributed by atoms with E-state index in [1.54, 1.807) is 0 Å². The normalized spacial score (nSPS) is 14.9. The van der Waals surface area contributed by atoms with E-state index in [1.807, 2.05) is 50.2 Å². The molecule has 5 heteroatoms. The zero-order valence-electron chi connectivity index (χ0n) is 17.3. The fraction of sp³-hybridized carbons (Fsp3) is 0.458. The molecule has 0 saturated heterocycles. The number of halogens is 1. The lowest BCUT2D eigenvalue weighted by atomic mass is 10.1. The summed E-state index contributed by atoms with van der Waals surface area (Å²) in [6, 6.07) is 11.4. The van der Waals surface area contributed by atoms with Crippen molar-refractivity contribution in [2.45, 2.75) is 65.0 Å². The minimum atomic E-state index is -0.0245. The first-order valence-electron chi connectivity index (χ1n) is 10.5. The summed E-state index contributed by atoms with van der Waals surface area (Å²) in [6.45, 7) is 4.76. The van der Waals surface area contributed by atoms with Crippen molar-refractivity contribution in [1.29, 1.82) is 0 Å². The highest BCUT2D eigenvalue weighted by atomic mass is 35.5. The van der Waals surface area contributed by atoms with E-state index in [2.05, 4.69) is 5.32 Å². The quantitative estimate of drug-likeness (QED) is 0.557. The number of amides is 1. The molecular weight excluding hydrogens is 386 g/mol. The maximum atomic E-state index is 12.8. The fourth-order valence-electron chi connectivity index (χ4n) is 3.69. The van der Waals surface area contributed by atoms with Crippen molar-refractivity contribution in [3.05, 3.63) is 58.1 Å². The number of rotatable bonds is 7. The molecule has 0 bridgehead atoms. The molecule has 156 valence electrons. The van der Waals surface area contributed by atoms with Crippen LogP contribution in [-0.4, -0.2) is 18.6 Å². The molecule has 1 saturated carbocycles. The largest absolute Gasteiger partial charge is 0.493 e. The predicted octanol–water partition coefficient (Wildman–Crippen LogP) is 6.08. The number of benzene rings is 2. The van der Waals surface area contributed by atoms with Gasteiger partial charge in [0.1, 0.15) is 18.1 Å². The second-order valence-corrected chi connectivity index (χ2v) is 8.02. The monoisotopic (exact) mass is 415 g/mol. The summed E-state index contributed by atoms with van der Waals surface area (Å²) < 4.78 is 11.7. The molecule has 0 radical (unpaired) electrons. The van der Waals surface area contributed by atoms with Crippen LogP contribution in [0.3, 0.4) is 0 Å². The van der Waals surface area contributed by atoms with Crippen LogP contribution >= 0.6 is 11.6 Å². The molecule has 1 amide bonds. The third-order valence-electron chi connectivity index (χ3n) is 5.34. The summed E-state index contributed by atoms with van der Waals surface area (Å²) >= 11 is 6.09. The first-order chi connectivity index (χ1) is 14.1. The summed E-state index contributed by atoms with van der Waals surface area (Å²) in [5.41, 5.74) is 2.46. The van der Waals surface area contributed by atoms with Crippen molar-refractivity contribution in [1.82, 2.24) is 5.32 Å². The number of ether oxygens (including phenoxy) is 2. The Morgan fingerprint density at radius 1 is 1.07 bits per heavy atom. The molecule has 0 aromatic heterocycles. The van der Waals surface area contributed by atoms with Gasteiger partial charge in [-0.05, 0) is 68.7 Å². The van der Waals surface area contributed by atoms with E-state index >= 15 is 0 Å². The molecule has 3 rings (SSSR count). The van der Waals surface area contributed by atoms with Crippen LogP contribution in [0, 0.1) is 6.92 Å². The molecule has 1 aliphatic carbocycles. The van der Waals surface area contributed by atoms with E-state index in [-0.39, 0.29) is 11.9 Å². The first kappa shape index (κ1) is 21.5. The summed E-state index contributed by atoms with van der Waals surface area (Å²) in [5, 5.41) is 3.92. The van der Waals surface area contributed by atoms with Crippen LogP contribution in [0.15, 0.2) is 36.4 Å². The highest BCUT2D eigenvalue weighted by molar-refractivity contribution is 6.31. The van der Waals surface area contributed by atoms with Crippen molar-refractivity contribution in [3.63, 3.8) is 0 Å². The van der Waals surface area contributed by atoms with Gasteiger partial charge in [0, 0.05) is 22.2 Å². The van der Waals surface area contributed by atoms with Crippen LogP contribution in [0.5, 0.6) is 11.5 Å². The van der Waals surface area contributed by atoms with Gasteiger partial charge in [0.25, 0.3) is 5.91 Å². The number of carbonyl (C=O) groups is 1. The number of hydrogen-bond donors (Lipinski definition) is 1. The molecule has 0 heterocycles. The van der Waals surface area contributed by atoms with Crippen LogP contribution in [0.1, 0.15) is 66.9 Å². The van der Waals surface area contributed by atoms with Crippen LogP contribution in [-0.2, 0) is 6.61 Å². The Kier molecular flexibility index (Phi) is 7.82. The van der Waals surface area contributed by atoms with Crippen LogP contribution < -0.4 is 14.8 Å². The zero-order chi connectivity index (χ0) is 20.6. The lowest BCUT2D eigenvalue weighted by Crippen LogP contribution is -2.34. The number of nitrogens with one attached hydrogen (secondary N) is 1. The smallest absolute Gasteiger partial charge is 0.251 e. The summed E-state index contributed by atoms with van der Waals surface area (Å²) in [4.78, 5) is 12.8. The van der Waals surface area contributed by atoms with Crippen molar-refractivity contribution < 1.29 is 14.3 Å². The molecule has 0 spiro atoms. The van der Waals surface area contributed by atoms with Gasteiger partial charge >= 0.3 is 0 Å². The Labute approximate surface area is 178 Å². The molecule has 2 aromatic carbocycles. The Morgan fingerprint density at radius 3 is 2.52 bits per heavy atom. The topological polar surface area (TPSA) is 47.6 Å². The van der Waals surface area contributed by atoms with E-state index in [0.717, 1.165) is 35.5 Å². The molecule has 2 aromatic rings. The van der Waals surface area contributed by atoms with Crippen LogP contribution in [0.4, 0.5) is 0 Å². The Hall–Kier alpha value is -2.20. The average Bonchev–Trinajstić information content (AvgIpc) is 2.98. The Morgan fingerprint density at radius 2 is 1.83 bits per heavy atom. The number of aryl methyl sites for hydroxylation is 1. The van der Waals surface area contributed by atoms with Gasteiger partial charge in [-0.3, -0.25) is 4.79 Å². The molecule has 4 nitrogen and oxygen atoms in total. The van der Waals surface area contributed by atoms with Crippen molar-refractivity contribution in [2.75, 3.05) is 6.61 Å². The second kappa shape index (κ2) is 10.5. The lowest BCUT2D eigenvalue weighted by Gasteiger charge is -2.17. The lowest BCUT2D eigenvalue weighted by molar-refractivity contribution is 0.0933. The van der Waals surface area contributed by atoms with E-state index < -0.39 is 0 Å². The molecule has 0 atom stereocenters. The van der Waals surface area contributed by atoms with Gasteiger partial charge in [-0.2, -0.15) is 0 Å². The van der Waals surface area contributed by atoms with Gasteiger partial charge in [-0.1, -0.05) is 37.3 Å². The Balaban J connectivity index is 1.72. The van der Waals surface area contributed by atoms with E-state index in [0.29, 0.717) is 23.8 Å². The summed E-state index contributed by atoms with van der Waals surface area (Å²) in [7, 11) is 0. The van der Waals surface area contributed by atoms with Gasteiger partial charge in [0.15, 0.2) is 0 Å². The molecule has 0 unspecified atom stereocenters. The van der Waals surface area contributed by atoms with Crippen molar-refractivity contribution in [3.8, 4) is 11.5 Å². The van der Waals surface area contributed by atoms with E-state index in [9.17, 15) is 4.79 Å². The third-order valence-corrected chi connectivity index (χ3v) is 5.76. The summed E-state index contributed by atoms with van der Waals surface area (Å²) in [6.07, 6.45) is 7.03. The van der Waals surface area contributed by atoms with E-state index in [1.165, 1.54) is 25.7 Å². The predicted molar refractivity (Wildman–Crippen MR) is 117 cm³/mol. The standard InChI is InChI=1S/C24H30ClNO3/c1-3-28-23-13-10-18(24(27)26-20-8-6-4-5-7-9-20)15-19(23)16-29-21-11-12-22(25)17(2)14-21/h10-15,20H,3-9,16H2,1-2H3,(H,26,27). The third kappa shape index (κ3) is 6.14. The zero-order valence-corrected chi connectivity index (χ0v) is 18.1. The van der Waals surface area contributed by atoms with Crippen molar-refractivity contribution in [2.24, 2.45) is 0 Å². The molecule has 29 heavy (non-hydrogen) atoms. The molecule has 0 aliphatic heterocycles. The highest BCUT2D eigenvalue weighted by Gasteiger charge is 2.17. The maximum Gasteiger partial charge on any atom is 0.251 e. The SMILES string of the molecule is CCOc1ccc(C(=O)NC2CCCCCC2)cc1COc1ccc(Cl)c(C)c1. The second-order valence-electron chi connectivity index (χ2n) is 7.62. The van der Waals surface area contributed by atoms with Gasteiger partial charge in [0.2, 0.25) is 0 Å². The molecule has 1 aliphatic rings. The molecular formula is C24H30ClNO3. The van der Waals surface area contributed by atoms with Gasteiger partial charge in [-0.15, -0.1) is 0 Å². The van der Waals surface area contributed by atoms with Gasteiger partial charge < -0.3 is 14.8 Å². The van der Waals surface area contributed by atoms with Crippen LogP contribution in [0.25, 0.3) is 0 Å². The number of carbonyl (C=O) groups excluding carboxylic acids is 1. The van der Waals surface area contributed by atoms with Gasteiger partial charge in [0.05, 0.1) is 6.61 Å². The fourth-order valence-corrected chi connectivity index (χ4v) is 3.81. The van der Waals surface area contributed by atoms with Crippen molar-refractivity contribution >= 4 is 17.5 Å². The number of hydrogen-bond acceptors (Lipinski definition) is 3. The van der Waals surface area contributed by atoms with Gasteiger partial charge in [-0.25, -0.2) is 0 Å². The maximum absolute atomic E-state index is 12.8. The summed E-state index contributed by atoms with van der Waals surface area (Å²) in [5.74, 6) is 1.45. The minimum Gasteiger partial charge on any atom is -0.493 e.